The summed E-state index contributed by atoms with van der Waals surface area (Å²) < 4.78 is 0. The van der Waals surface area contributed by atoms with Crippen molar-refractivity contribution in [3.05, 3.63) is 42.2 Å². The molecule has 0 saturated heterocycles. The van der Waals surface area contributed by atoms with Crippen molar-refractivity contribution in [1.29, 1.82) is 0 Å². The number of hydrogen-bond acceptors (Lipinski definition) is 2. The first kappa shape index (κ1) is 12.3. The van der Waals surface area contributed by atoms with Gasteiger partial charge in [-0.1, -0.05) is 31.0 Å². The first-order chi connectivity index (χ1) is 9.76. The molecule has 104 valence electrons. The maximum absolute atomic E-state index is 6.87. The Hall–Kier alpha value is -1.41. The summed E-state index contributed by atoms with van der Waals surface area (Å²) in [7, 11) is 0. The molecule has 2 aromatic rings. The van der Waals surface area contributed by atoms with Gasteiger partial charge in [0.25, 0.3) is 0 Å². The average Bonchev–Trinajstić information content (AvgIpc) is 3.31. The van der Waals surface area contributed by atoms with Gasteiger partial charge >= 0.3 is 0 Å². The highest BCUT2D eigenvalue weighted by Crippen LogP contribution is 2.49. The van der Waals surface area contributed by atoms with Gasteiger partial charge in [0.15, 0.2) is 0 Å². The Morgan fingerprint density at radius 2 is 2.00 bits per heavy atom. The Kier molecular flexibility index (Phi) is 2.81. The second-order valence-corrected chi connectivity index (χ2v) is 6.75. The molecule has 1 aromatic heterocycles. The molecule has 4 rings (SSSR count). The van der Waals surface area contributed by atoms with E-state index in [1.54, 1.807) is 0 Å². The third-order valence-electron chi connectivity index (χ3n) is 5.33. The minimum atomic E-state index is -0.145. The molecule has 2 N–H and O–H groups in total. The van der Waals surface area contributed by atoms with Crippen molar-refractivity contribution in [3.63, 3.8) is 0 Å². The van der Waals surface area contributed by atoms with Crippen LogP contribution in [0.3, 0.4) is 0 Å². The van der Waals surface area contributed by atoms with E-state index in [1.165, 1.54) is 42.0 Å². The van der Waals surface area contributed by atoms with Crippen molar-refractivity contribution in [2.45, 2.75) is 44.1 Å². The summed E-state index contributed by atoms with van der Waals surface area (Å²) in [5, 5.41) is 2.50. The van der Waals surface area contributed by atoms with Crippen molar-refractivity contribution in [2.75, 3.05) is 0 Å². The van der Waals surface area contributed by atoms with Gasteiger partial charge in [-0.3, -0.25) is 4.98 Å². The molecule has 1 heterocycles. The van der Waals surface area contributed by atoms with Crippen LogP contribution in [0.1, 0.15) is 44.1 Å². The Morgan fingerprint density at radius 3 is 2.85 bits per heavy atom. The molecule has 2 saturated carbocycles. The Morgan fingerprint density at radius 1 is 1.10 bits per heavy atom. The zero-order valence-corrected chi connectivity index (χ0v) is 11.9. The second-order valence-electron chi connectivity index (χ2n) is 6.75. The maximum atomic E-state index is 6.87. The van der Waals surface area contributed by atoms with Crippen molar-refractivity contribution in [1.82, 2.24) is 4.98 Å². The zero-order valence-electron chi connectivity index (χ0n) is 11.9. The number of nitrogens with zero attached hydrogens (tertiary/aromatic N) is 1. The van der Waals surface area contributed by atoms with Gasteiger partial charge < -0.3 is 5.73 Å². The fraction of sp³-hybridized carbons (Fsp3) is 0.500. The van der Waals surface area contributed by atoms with Gasteiger partial charge in [-0.05, 0) is 54.5 Å². The van der Waals surface area contributed by atoms with E-state index >= 15 is 0 Å². The quantitative estimate of drug-likeness (QED) is 0.892. The highest BCUT2D eigenvalue weighted by Gasteiger charge is 2.41. The SMILES string of the molecule is NC1(c2cccc3ccncc23)CCCC(C2CC2)C1. The fourth-order valence-corrected chi connectivity index (χ4v) is 4.11. The molecule has 2 fully saturated rings. The van der Waals surface area contributed by atoms with Crippen LogP contribution in [0, 0.1) is 11.8 Å². The van der Waals surface area contributed by atoms with Crippen LogP contribution in [0.5, 0.6) is 0 Å². The van der Waals surface area contributed by atoms with Gasteiger partial charge in [0.2, 0.25) is 0 Å². The number of pyridine rings is 1. The minimum Gasteiger partial charge on any atom is -0.321 e. The predicted octanol–water partition coefficient (Wildman–Crippen LogP) is 3.99. The fourth-order valence-electron chi connectivity index (χ4n) is 4.11. The molecule has 2 heteroatoms. The maximum Gasteiger partial charge on any atom is 0.0419 e. The summed E-state index contributed by atoms with van der Waals surface area (Å²) >= 11 is 0. The number of fused-ring (bicyclic) bond motifs is 1. The van der Waals surface area contributed by atoms with Crippen LogP contribution in [0.2, 0.25) is 0 Å². The van der Waals surface area contributed by atoms with E-state index in [1.807, 2.05) is 12.4 Å². The molecule has 2 aliphatic rings. The monoisotopic (exact) mass is 266 g/mol. The third-order valence-corrected chi connectivity index (χ3v) is 5.33. The summed E-state index contributed by atoms with van der Waals surface area (Å²) in [5.41, 5.74) is 8.04. The highest BCUT2D eigenvalue weighted by atomic mass is 14.8. The van der Waals surface area contributed by atoms with Gasteiger partial charge in [0.1, 0.15) is 0 Å². The number of rotatable bonds is 2. The van der Waals surface area contributed by atoms with Crippen LogP contribution < -0.4 is 5.73 Å². The van der Waals surface area contributed by atoms with Crippen molar-refractivity contribution in [2.24, 2.45) is 17.6 Å². The molecule has 2 atom stereocenters. The molecule has 1 aromatic carbocycles. The van der Waals surface area contributed by atoms with Crippen LogP contribution >= 0.6 is 0 Å². The van der Waals surface area contributed by atoms with E-state index in [0.717, 1.165) is 24.7 Å². The van der Waals surface area contributed by atoms with E-state index in [4.69, 9.17) is 5.73 Å². The van der Waals surface area contributed by atoms with Crippen molar-refractivity contribution in [3.8, 4) is 0 Å². The highest BCUT2D eigenvalue weighted by molar-refractivity contribution is 5.85. The van der Waals surface area contributed by atoms with E-state index in [-0.39, 0.29) is 5.54 Å². The summed E-state index contributed by atoms with van der Waals surface area (Å²) in [6, 6.07) is 8.61. The topological polar surface area (TPSA) is 38.9 Å². The lowest BCUT2D eigenvalue weighted by molar-refractivity contribution is 0.208. The smallest absolute Gasteiger partial charge is 0.0419 e. The summed E-state index contributed by atoms with van der Waals surface area (Å²) in [5.74, 6) is 1.81. The van der Waals surface area contributed by atoms with Crippen molar-refractivity contribution >= 4 is 10.8 Å². The standard InChI is InChI=1S/C18H22N2/c19-18(9-2-4-15(11-18)13-6-7-13)17-5-1-3-14-8-10-20-12-16(14)17/h1,3,5,8,10,12-13,15H,2,4,6-7,9,11,19H2. The average molecular weight is 266 g/mol. The number of aromatic nitrogens is 1. The lowest BCUT2D eigenvalue weighted by Gasteiger charge is -2.39. The van der Waals surface area contributed by atoms with Crippen LogP contribution in [-0.2, 0) is 5.54 Å². The normalized spacial score (nSPS) is 30.6. The molecule has 0 aliphatic heterocycles. The van der Waals surface area contributed by atoms with E-state index in [0.29, 0.717) is 0 Å². The molecule has 0 bridgehead atoms. The predicted molar refractivity (Wildman–Crippen MR) is 82.3 cm³/mol. The van der Waals surface area contributed by atoms with E-state index in [2.05, 4.69) is 29.2 Å². The van der Waals surface area contributed by atoms with Gasteiger partial charge in [-0.15, -0.1) is 0 Å². The first-order valence-electron chi connectivity index (χ1n) is 7.88. The van der Waals surface area contributed by atoms with Crippen LogP contribution in [0.25, 0.3) is 10.8 Å². The summed E-state index contributed by atoms with van der Waals surface area (Å²) in [6.07, 6.45) is 11.6. The third kappa shape index (κ3) is 2.03. The van der Waals surface area contributed by atoms with Gasteiger partial charge in [-0.25, -0.2) is 0 Å². The molecule has 2 unspecified atom stereocenters. The lowest BCUT2D eigenvalue weighted by atomic mass is 9.70. The Labute approximate surface area is 120 Å². The number of hydrogen-bond donors (Lipinski definition) is 1. The number of nitrogens with two attached hydrogens (primary N) is 1. The second kappa shape index (κ2) is 4.56. The van der Waals surface area contributed by atoms with Crippen LogP contribution in [0.15, 0.2) is 36.7 Å². The van der Waals surface area contributed by atoms with Crippen LogP contribution in [0.4, 0.5) is 0 Å². The van der Waals surface area contributed by atoms with E-state index < -0.39 is 0 Å². The summed E-state index contributed by atoms with van der Waals surface area (Å²) in [6.45, 7) is 0. The summed E-state index contributed by atoms with van der Waals surface area (Å²) in [4.78, 5) is 4.31. The van der Waals surface area contributed by atoms with Crippen molar-refractivity contribution < 1.29 is 0 Å². The molecular formula is C18H22N2. The Balaban J connectivity index is 1.76. The largest absolute Gasteiger partial charge is 0.321 e. The molecule has 0 amide bonds. The Bertz CT molecular complexity index is 627. The van der Waals surface area contributed by atoms with Gasteiger partial charge in [0, 0.05) is 23.3 Å². The zero-order chi connectivity index (χ0) is 13.6. The van der Waals surface area contributed by atoms with Gasteiger partial charge in [-0.2, -0.15) is 0 Å². The van der Waals surface area contributed by atoms with E-state index in [9.17, 15) is 0 Å². The molecule has 2 aliphatic carbocycles. The lowest BCUT2D eigenvalue weighted by Crippen LogP contribution is -2.42. The molecule has 0 radical (unpaired) electrons. The number of benzene rings is 1. The van der Waals surface area contributed by atoms with Crippen LogP contribution in [-0.4, -0.2) is 4.98 Å². The minimum absolute atomic E-state index is 0.145. The van der Waals surface area contributed by atoms with Gasteiger partial charge in [0.05, 0.1) is 0 Å². The molecule has 20 heavy (non-hydrogen) atoms. The molecule has 2 nitrogen and oxygen atoms in total. The first-order valence-corrected chi connectivity index (χ1v) is 7.88. The molecule has 0 spiro atoms. The molecular weight excluding hydrogens is 244 g/mol.